The van der Waals surface area contributed by atoms with Crippen molar-refractivity contribution in [2.24, 2.45) is 0 Å². The van der Waals surface area contributed by atoms with Crippen LogP contribution in [0.15, 0.2) is 23.1 Å². The van der Waals surface area contributed by atoms with Crippen molar-refractivity contribution in [3.63, 3.8) is 0 Å². The highest BCUT2D eigenvalue weighted by Gasteiger charge is 2.18. The second-order valence-corrected chi connectivity index (χ2v) is 4.24. The van der Waals surface area contributed by atoms with E-state index in [0.29, 0.717) is 11.6 Å². The normalized spacial score (nSPS) is 21.4. The average molecular weight is 218 g/mol. The molecule has 2 aromatic rings. The lowest BCUT2D eigenvalue weighted by molar-refractivity contribution is 0.447. The molecule has 0 radical (unpaired) electrons. The Kier molecular flexibility index (Phi) is 2.25. The SMILES string of the molecule is O=c1ccn2[nH]c(C3CCCNC3)nc2c1. The van der Waals surface area contributed by atoms with Crippen LogP contribution in [0, 0.1) is 0 Å². The summed E-state index contributed by atoms with van der Waals surface area (Å²) in [5, 5.41) is 6.58. The van der Waals surface area contributed by atoms with E-state index < -0.39 is 0 Å². The van der Waals surface area contributed by atoms with Crippen LogP contribution in [0.2, 0.25) is 0 Å². The average Bonchev–Trinajstić information content (AvgIpc) is 2.73. The highest BCUT2D eigenvalue weighted by molar-refractivity contribution is 5.36. The molecule has 0 saturated carbocycles. The molecule has 1 atom stereocenters. The standard InChI is InChI=1S/C11H14N4O/c16-9-3-5-15-10(6-9)13-11(14-15)8-2-1-4-12-7-8/h3,5-6,8,12H,1-2,4,7H2,(H,13,14). The van der Waals surface area contributed by atoms with Crippen LogP contribution in [0.4, 0.5) is 0 Å². The molecule has 1 fully saturated rings. The second kappa shape index (κ2) is 3.75. The molecule has 3 heterocycles. The topological polar surface area (TPSA) is 62.2 Å². The van der Waals surface area contributed by atoms with E-state index in [0.717, 1.165) is 25.3 Å². The number of hydrogen-bond donors (Lipinski definition) is 2. The number of H-pyrrole nitrogens is 1. The Hall–Kier alpha value is -1.62. The molecule has 0 aromatic carbocycles. The fourth-order valence-corrected chi connectivity index (χ4v) is 2.19. The van der Waals surface area contributed by atoms with Gasteiger partial charge in [-0.3, -0.25) is 9.89 Å². The summed E-state index contributed by atoms with van der Waals surface area (Å²) in [6.45, 7) is 2.05. The van der Waals surface area contributed by atoms with Crippen molar-refractivity contribution in [2.45, 2.75) is 18.8 Å². The van der Waals surface area contributed by atoms with Crippen molar-refractivity contribution >= 4 is 5.65 Å². The third kappa shape index (κ3) is 1.63. The first-order valence-corrected chi connectivity index (χ1v) is 5.62. The van der Waals surface area contributed by atoms with E-state index in [1.54, 1.807) is 16.8 Å². The van der Waals surface area contributed by atoms with Gasteiger partial charge in [0, 0.05) is 30.8 Å². The molecular weight excluding hydrogens is 204 g/mol. The molecule has 84 valence electrons. The molecule has 1 aliphatic heterocycles. The molecule has 0 amide bonds. The molecule has 0 spiro atoms. The van der Waals surface area contributed by atoms with Crippen molar-refractivity contribution in [1.82, 2.24) is 19.9 Å². The molecule has 5 heteroatoms. The first kappa shape index (κ1) is 9.59. The van der Waals surface area contributed by atoms with Crippen molar-refractivity contribution < 1.29 is 0 Å². The van der Waals surface area contributed by atoms with E-state index in [-0.39, 0.29) is 5.43 Å². The zero-order chi connectivity index (χ0) is 11.0. The van der Waals surface area contributed by atoms with Crippen LogP contribution in [0.25, 0.3) is 5.65 Å². The van der Waals surface area contributed by atoms with E-state index in [1.807, 2.05) is 0 Å². The Balaban J connectivity index is 2.00. The highest BCUT2D eigenvalue weighted by atomic mass is 16.1. The molecule has 3 rings (SSSR count). The summed E-state index contributed by atoms with van der Waals surface area (Å²) in [6, 6.07) is 3.09. The van der Waals surface area contributed by atoms with Gasteiger partial charge in [-0.25, -0.2) is 9.50 Å². The highest BCUT2D eigenvalue weighted by Crippen LogP contribution is 2.20. The van der Waals surface area contributed by atoms with Crippen LogP contribution in [0.1, 0.15) is 24.6 Å². The molecule has 1 aliphatic rings. The minimum Gasteiger partial charge on any atom is -0.316 e. The number of hydrogen-bond acceptors (Lipinski definition) is 3. The summed E-state index contributed by atoms with van der Waals surface area (Å²) in [5.41, 5.74) is 0.702. The van der Waals surface area contributed by atoms with E-state index >= 15 is 0 Å². The zero-order valence-electron chi connectivity index (χ0n) is 8.94. The molecule has 2 aromatic heterocycles. The zero-order valence-corrected chi connectivity index (χ0v) is 8.94. The summed E-state index contributed by atoms with van der Waals surface area (Å²) < 4.78 is 1.80. The molecule has 5 nitrogen and oxygen atoms in total. The first-order valence-electron chi connectivity index (χ1n) is 5.62. The van der Waals surface area contributed by atoms with Gasteiger partial charge in [-0.1, -0.05) is 0 Å². The fraction of sp³-hybridized carbons (Fsp3) is 0.455. The molecule has 1 unspecified atom stereocenters. The van der Waals surface area contributed by atoms with Gasteiger partial charge in [-0.15, -0.1) is 0 Å². The van der Waals surface area contributed by atoms with Crippen LogP contribution in [0.3, 0.4) is 0 Å². The number of aromatic amines is 1. The van der Waals surface area contributed by atoms with Crippen LogP contribution in [-0.4, -0.2) is 27.7 Å². The number of piperidine rings is 1. The van der Waals surface area contributed by atoms with Gasteiger partial charge in [0.1, 0.15) is 5.82 Å². The predicted octanol–water partition coefficient (Wildman–Crippen LogP) is 0.490. The summed E-state index contributed by atoms with van der Waals surface area (Å²) in [7, 11) is 0. The fourth-order valence-electron chi connectivity index (χ4n) is 2.19. The quantitative estimate of drug-likeness (QED) is 0.732. The van der Waals surface area contributed by atoms with Gasteiger partial charge in [0.05, 0.1) is 0 Å². The van der Waals surface area contributed by atoms with Crippen LogP contribution in [0.5, 0.6) is 0 Å². The minimum atomic E-state index is -0.000167. The Labute approximate surface area is 92.5 Å². The van der Waals surface area contributed by atoms with Crippen LogP contribution < -0.4 is 10.7 Å². The number of nitrogens with one attached hydrogen (secondary N) is 2. The summed E-state index contributed by atoms with van der Waals surface area (Å²) in [4.78, 5) is 15.7. The smallest absolute Gasteiger partial charge is 0.183 e. The van der Waals surface area contributed by atoms with Gasteiger partial charge in [0.15, 0.2) is 11.1 Å². The largest absolute Gasteiger partial charge is 0.316 e. The summed E-state index contributed by atoms with van der Waals surface area (Å²) in [5.74, 6) is 1.40. The van der Waals surface area contributed by atoms with Crippen molar-refractivity contribution in [1.29, 1.82) is 0 Å². The van der Waals surface area contributed by atoms with E-state index in [9.17, 15) is 4.79 Å². The van der Waals surface area contributed by atoms with Crippen molar-refractivity contribution in [3.05, 3.63) is 34.4 Å². The lowest BCUT2D eigenvalue weighted by Gasteiger charge is -2.20. The third-order valence-corrected chi connectivity index (χ3v) is 3.06. The maximum absolute atomic E-state index is 11.2. The van der Waals surface area contributed by atoms with Crippen LogP contribution in [-0.2, 0) is 0 Å². The predicted molar refractivity (Wildman–Crippen MR) is 60.7 cm³/mol. The maximum Gasteiger partial charge on any atom is 0.183 e. The minimum absolute atomic E-state index is 0.000167. The molecular formula is C11H14N4O. The Morgan fingerprint density at radius 2 is 2.44 bits per heavy atom. The Morgan fingerprint density at radius 1 is 1.50 bits per heavy atom. The van der Waals surface area contributed by atoms with Gasteiger partial charge in [0.25, 0.3) is 0 Å². The molecule has 0 bridgehead atoms. The lowest BCUT2D eigenvalue weighted by atomic mass is 9.99. The van der Waals surface area contributed by atoms with Gasteiger partial charge >= 0.3 is 0 Å². The number of fused-ring (bicyclic) bond motifs is 1. The Morgan fingerprint density at radius 3 is 3.25 bits per heavy atom. The van der Waals surface area contributed by atoms with Gasteiger partial charge < -0.3 is 5.32 Å². The number of nitrogens with zero attached hydrogens (tertiary/aromatic N) is 2. The van der Waals surface area contributed by atoms with E-state index in [4.69, 9.17) is 0 Å². The van der Waals surface area contributed by atoms with E-state index in [2.05, 4.69) is 15.4 Å². The summed E-state index contributed by atoms with van der Waals surface area (Å²) >= 11 is 0. The first-order chi connectivity index (χ1) is 7.83. The summed E-state index contributed by atoms with van der Waals surface area (Å²) in [6.07, 6.45) is 4.06. The van der Waals surface area contributed by atoms with Crippen molar-refractivity contribution in [2.75, 3.05) is 13.1 Å². The Bertz CT molecular complexity index is 550. The van der Waals surface area contributed by atoms with Crippen LogP contribution >= 0.6 is 0 Å². The molecule has 16 heavy (non-hydrogen) atoms. The van der Waals surface area contributed by atoms with E-state index in [1.165, 1.54) is 12.5 Å². The van der Waals surface area contributed by atoms with Gasteiger partial charge in [0.2, 0.25) is 0 Å². The lowest BCUT2D eigenvalue weighted by Crippen LogP contribution is -2.28. The molecule has 2 N–H and O–H groups in total. The number of rotatable bonds is 1. The third-order valence-electron chi connectivity index (χ3n) is 3.06. The van der Waals surface area contributed by atoms with Crippen molar-refractivity contribution in [3.8, 4) is 0 Å². The molecule has 1 saturated heterocycles. The monoisotopic (exact) mass is 218 g/mol. The number of pyridine rings is 1. The maximum atomic E-state index is 11.2. The van der Waals surface area contributed by atoms with Gasteiger partial charge in [-0.05, 0) is 19.4 Å². The number of aromatic nitrogens is 3. The second-order valence-electron chi connectivity index (χ2n) is 4.24. The molecule has 0 aliphatic carbocycles. The van der Waals surface area contributed by atoms with Gasteiger partial charge in [-0.2, -0.15) is 0 Å².